The quantitative estimate of drug-likeness (QED) is 0.479. The minimum absolute atomic E-state index is 0.166. The van der Waals surface area contributed by atoms with Crippen LogP contribution in [0.5, 0.6) is 5.75 Å². The van der Waals surface area contributed by atoms with Gasteiger partial charge in [-0.1, -0.05) is 30.7 Å². The molecule has 0 aliphatic carbocycles. The number of benzene rings is 2. The van der Waals surface area contributed by atoms with Crippen molar-refractivity contribution in [2.75, 3.05) is 0 Å². The van der Waals surface area contributed by atoms with E-state index in [9.17, 15) is 18.5 Å². The van der Waals surface area contributed by atoms with Gasteiger partial charge in [-0.3, -0.25) is 10.1 Å². The maximum absolute atomic E-state index is 12.4. The third-order valence-corrected chi connectivity index (χ3v) is 4.47. The van der Waals surface area contributed by atoms with E-state index in [0.29, 0.717) is 12.0 Å². The first-order chi connectivity index (χ1) is 10.3. The number of nitrogens with zero attached hydrogens (tertiary/aromatic N) is 1. The molecule has 2 aromatic carbocycles. The Labute approximate surface area is 128 Å². The summed E-state index contributed by atoms with van der Waals surface area (Å²) in [5.74, 6) is 0.166. The van der Waals surface area contributed by atoms with E-state index in [2.05, 4.69) is 0 Å². The highest BCUT2D eigenvalue weighted by atomic mass is 32.2. The van der Waals surface area contributed by atoms with E-state index in [1.807, 2.05) is 6.92 Å². The van der Waals surface area contributed by atoms with Crippen LogP contribution in [0.1, 0.15) is 18.1 Å². The predicted octanol–water partition coefficient (Wildman–Crippen LogP) is 3.23. The lowest BCUT2D eigenvalue weighted by molar-refractivity contribution is -0.385. The molecule has 0 N–H and O–H groups in total. The lowest BCUT2D eigenvalue weighted by Crippen LogP contribution is -2.12. The van der Waals surface area contributed by atoms with Crippen molar-refractivity contribution < 1.29 is 17.5 Å². The SMILES string of the molecule is CCc1ccc([N+](=O)[O-])cc1S(=O)(=O)Oc1ccc(C)cc1. The van der Waals surface area contributed by atoms with Gasteiger partial charge in [0.1, 0.15) is 10.6 Å². The Morgan fingerprint density at radius 1 is 1.14 bits per heavy atom. The van der Waals surface area contributed by atoms with Crippen LogP contribution in [0.25, 0.3) is 0 Å². The van der Waals surface area contributed by atoms with Gasteiger partial charge in [-0.2, -0.15) is 8.42 Å². The summed E-state index contributed by atoms with van der Waals surface area (Å²) in [4.78, 5) is 10.0. The molecule has 0 aromatic heterocycles. The first kappa shape index (κ1) is 16.0. The maximum atomic E-state index is 12.4. The zero-order valence-corrected chi connectivity index (χ0v) is 13.0. The Kier molecular flexibility index (Phi) is 4.46. The van der Waals surface area contributed by atoms with Gasteiger partial charge in [-0.05, 0) is 31.0 Å². The predicted molar refractivity (Wildman–Crippen MR) is 81.5 cm³/mol. The van der Waals surface area contributed by atoms with Crippen molar-refractivity contribution in [1.82, 2.24) is 0 Å². The molecule has 0 amide bonds. The van der Waals surface area contributed by atoms with Gasteiger partial charge >= 0.3 is 10.1 Å². The lowest BCUT2D eigenvalue weighted by atomic mass is 10.1. The van der Waals surface area contributed by atoms with E-state index >= 15 is 0 Å². The first-order valence-corrected chi connectivity index (χ1v) is 8.03. The second kappa shape index (κ2) is 6.15. The molecule has 0 radical (unpaired) electrons. The van der Waals surface area contributed by atoms with Crippen LogP contribution in [0.4, 0.5) is 5.69 Å². The van der Waals surface area contributed by atoms with Crippen LogP contribution < -0.4 is 4.18 Å². The molecule has 6 nitrogen and oxygen atoms in total. The Morgan fingerprint density at radius 2 is 1.77 bits per heavy atom. The van der Waals surface area contributed by atoms with Crippen LogP contribution >= 0.6 is 0 Å². The van der Waals surface area contributed by atoms with Crippen molar-refractivity contribution in [2.45, 2.75) is 25.2 Å². The molecule has 0 spiro atoms. The minimum Gasteiger partial charge on any atom is -0.379 e. The molecular weight excluding hydrogens is 306 g/mol. The van der Waals surface area contributed by atoms with Crippen molar-refractivity contribution in [1.29, 1.82) is 0 Å². The number of nitro groups is 1. The summed E-state index contributed by atoms with van der Waals surface area (Å²) >= 11 is 0. The van der Waals surface area contributed by atoms with Gasteiger partial charge in [0.05, 0.1) is 4.92 Å². The smallest absolute Gasteiger partial charge is 0.339 e. The van der Waals surface area contributed by atoms with Gasteiger partial charge in [-0.15, -0.1) is 0 Å². The summed E-state index contributed by atoms with van der Waals surface area (Å²) in [7, 11) is -4.13. The normalized spacial score (nSPS) is 11.2. The molecule has 0 heterocycles. The van der Waals surface area contributed by atoms with E-state index in [0.717, 1.165) is 11.6 Å². The summed E-state index contributed by atoms with van der Waals surface area (Å²) in [6.45, 7) is 3.64. The second-order valence-electron chi connectivity index (χ2n) is 4.75. The van der Waals surface area contributed by atoms with Crippen molar-refractivity contribution in [3.63, 3.8) is 0 Å². The number of nitro benzene ring substituents is 1. The minimum atomic E-state index is -4.13. The van der Waals surface area contributed by atoms with Crippen LogP contribution in [0.15, 0.2) is 47.4 Å². The Bertz CT molecular complexity index is 797. The number of rotatable bonds is 5. The third kappa shape index (κ3) is 3.43. The lowest BCUT2D eigenvalue weighted by Gasteiger charge is -2.10. The molecule has 0 aliphatic heterocycles. The fourth-order valence-corrected chi connectivity index (χ4v) is 3.20. The number of hydrogen-bond acceptors (Lipinski definition) is 5. The molecule has 0 aliphatic rings. The van der Waals surface area contributed by atoms with Crippen molar-refractivity contribution in [2.24, 2.45) is 0 Å². The highest BCUT2D eigenvalue weighted by molar-refractivity contribution is 7.87. The van der Waals surface area contributed by atoms with Gasteiger partial charge < -0.3 is 4.18 Å². The highest BCUT2D eigenvalue weighted by Gasteiger charge is 2.23. The largest absolute Gasteiger partial charge is 0.379 e. The highest BCUT2D eigenvalue weighted by Crippen LogP contribution is 2.26. The van der Waals surface area contributed by atoms with Gasteiger partial charge in [0.15, 0.2) is 0 Å². The fraction of sp³-hybridized carbons (Fsp3) is 0.200. The third-order valence-electron chi connectivity index (χ3n) is 3.14. The molecule has 0 fully saturated rings. The zero-order valence-electron chi connectivity index (χ0n) is 12.1. The Morgan fingerprint density at radius 3 is 2.32 bits per heavy atom. The van der Waals surface area contributed by atoms with E-state index < -0.39 is 15.0 Å². The van der Waals surface area contributed by atoms with Crippen LogP contribution in [0.2, 0.25) is 0 Å². The van der Waals surface area contributed by atoms with Crippen LogP contribution in [-0.4, -0.2) is 13.3 Å². The zero-order chi connectivity index (χ0) is 16.3. The summed E-state index contributed by atoms with van der Waals surface area (Å²) in [5, 5.41) is 10.8. The van der Waals surface area contributed by atoms with Gasteiger partial charge in [0.25, 0.3) is 5.69 Å². The summed E-state index contributed by atoms with van der Waals surface area (Å²) in [5.41, 5.74) is 1.15. The average molecular weight is 321 g/mol. The van der Waals surface area contributed by atoms with Crippen molar-refractivity contribution in [3.05, 3.63) is 63.7 Å². The van der Waals surface area contributed by atoms with Gasteiger partial charge in [0, 0.05) is 12.1 Å². The molecule has 116 valence electrons. The molecule has 2 rings (SSSR count). The summed E-state index contributed by atoms with van der Waals surface area (Å²) in [6, 6.07) is 10.3. The van der Waals surface area contributed by atoms with E-state index in [-0.39, 0.29) is 16.3 Å². The molecule has 0 atom stereocenters. The molecule has 2 aromatic rings. The maximum Gasteiger partial charge on any atom is 0.339 e. The molecule has 0 saturated heterocycles. The topological polar surface area (TPSA) is 86.5 Å². The molecule has 0 saturated carbocycles. The Balaban J connectivity index is 2.45. The monoisotopic (exact) mass is 321 g/mol. The van der Waals surface area contributed by atoms with Crippen molar-refractivity contribution >= 4 is 15.8 Å². The molecule has 0 unspecified atom stereocenters. The van der Waals surface area contributed by atoms with Crippen LogP contribution in [-0.2, 0) is 16.5 Å². The molecule has 0 bridgehead atoms. The van der Waals surface area contributed by atoms with Gasteiger partial charge in [0.2, 0.25) is 0 Å². The van der Waals surface area contributed by atoms with E-state index in [1.54, 1.807) is 19.1 Å². The molecule has 22 heavy (non-hydrogen) atoms. The van der Waals surface area contributed by atoms with Crippen molar-refractivity contribution in [3.8, 4) is 5.75 Å². The second-order valence-corrected chi connectivity index (χ2v) is 6.27. The number of hydrogen-bond donors (Lipinski definition) is 0. The van der Waals surface area contributed by atoms with Crippen LogP contribution in [0.3, 0.4) is 0 Å². The fourth-order valence-electron chi connectivity index (χ4n) is 1.95. The van der Waals surface area contributed by atoms with Crippen LogP contribution in [0, 0.1) is 17.0 Å². The summed E-state index contributed by atoms with van der Waals surface area (Å²) in [6.07, 6.45) is 0.420. The average Bonchev–Trinajstić information content (AvgIpc) is 2.48. The molecular formula is C15H15NO5S. The first-order valence-electron chi connectivity index (χ1n) is 6.62. The number of aryl methyl sites for hydroxylation is 2. The standard InChI is InChI=1S/C15H15NO5S/c1-3-12-6-7-13(16(17)18)10-15(12)22(19,20)21-14-8-4-11(2)5-9-14/h4-10H,3H2,1-2H3. The van der Waals surface area contributed by atoms with Gasteiger partial charge in [-0.25, -0.2) is 0 Å². The van der Waals surface area contributed by atoms with E-state index in [1.165, 1.54) is 24.3 Å². The van der Waals surface area contributed by atoms with E-state index in [4.69, 9.17) is 4.18 Å². The molecule has 7 heteroatoms. The Hall–Kier alpha value is -2.41. The summed E-state index contributed by atoms with van der Waals surface area (Å²) < 4.78 is 29.9. The number of non-ortho nitro benzene ring substituents is 1.